The molecule has 0 bridgehead atoms. The molecule has 1 aliphatic rings. The number of benzene rings is 1. The van der Waals surface area contributed by atoms with E-state index in [2.05, 4.69) is 27.3 Å². The molecule has 0 radical (unpaired) electrons. The summed E-state index contributed by atoms with van der Waals surface area (Å²) >= 11 is 0. The molecule has 1 atom stereocenters. The first-order valence-corrected chi connectivity index (χ1v) is 9.02. The maximum Gasteiger partial charge on any atom is 0.221 e. The van der Waals surface area contributed by atoms with Gasteiger partial charge in [-0.3, -0.25) is 4.79 Å². The second-order valence-electron chi connectivity index (χ2n) is 6.85. The fourth-order valence-corrected chi connectivity index (χ4v) is 3.06. The summed E-state index contributed by atoms with van der Waals surface area (Å²) in [7, 11) is 2.12. The minimum atomic E-state index is -0.328. The van der Waals surface area contributed by atoms with Crippen molar-refractivity contribution in [3.05, 3.63) is 48.0 Å². The van der Waals surface area contributed by atoms with Crippen LogP contribution in [0.4, 0.5) is 4.39 Å². The Kier molecular flexibility index (Phi) is 6.00. The summed E-state index contributed by atoms with van der Waals surface area (Å²) in [6.07, 6.45) is 3.90. The number of nitrogens with zero attached hydrogens (tertiary/aromatic N) is 4. The van der Waals surface area contributed by atoms with E-state index in [1.54, 1.807) is 30.6 Å². The lowest BCUT2D eigenvalue weighted by Gasteiger charge is -2.32. The first kappa shape index (κ1) is 18.5. The van der Waals surface area contributed by atoms with Crippen molar-refractivity contribution >= 4 is 5.91 Å². The minimum Gasteiger partial charge on any atom is -0.349 e. The molecule has 1 N–H and O–H groups in total. The van der Waals surface area contributed by atoms with Gasteiger partial charge in [-0.05, 0) is 26.1 Å². The van der Waals surface area contributed by atoms with Gasteiger partial charge in [-0.25, -0.2) is 9.07 Å². The third-order valence-electron chi connectivity index (χ3n) is 4.83. The van der Waals surface area contributed by atoms with Gasteiger partial charge in [0.1, 0.15) is 11.5 Å². The van der Waals surface area contributed by atoms with Gasteiger partial charge in [0.2, 0.25) is 5.91 Å². The second-order valence-corrected chi connectivity index (χ2v) is 6.85. The molecule has 3 rings (SSSR count). The monoisotopic (exact) mass is 359 g/mol. The minimum absolute atomic E-state index is 0.0232. The Morgan fingerprint density at radius 3 is 2.73 bits per heavy atom. The number of carbonyl (C=O) groups excluding carboxylic acids is 1. The molecule has 1 saturated heterocycles. The lowest BCUT2D eigenvalue weighted by atomic mass is 10.2. The SMILES string of the molecule is C[C@@H](NC(=O)CCN1CCN(C)CC1)c1cnn(-c2ccccc2F)c1. The zero-order chi connectivity index (χ0) is 18.5. The molecule has 1 amide bonds. The third kappa shape index (κ3) is 4.68. The molecular formula is C19H26FN5O. The highest BCUT2D eigenvalue weighted by atomic mass is 19.1. The molecule has 0 unspecified atom stereocenters. The number of hydrogen-bond donors (Lipinski definition) is 1. The maximum absolute atomic E-state index is 13.9. The smallest absolute Gasteiger partial charge is 0.221 e. The van der Waals surface area contributed by atoms with Crippen LogP contribution in [0.25, 0.3) is 5.69 Å². The Labute approximate surface area is 153 Å². The lowest BCUT2D eigenvalue weighted by Crippen LogP contribution is -2.45. The van der Waals surface area contributed by atoms with Crippen LogP contribution >= 0.6 is 0 Å². The van der Waals surface area contributed by atoms with E-state index in [1.807, 2.05) is 6.92 Å². The molecule has 26 heavy (non-hydrogen) atoms. The van der Waals surface area contributed by atoms with E-state index in [9.17, 15) is 9.18 Å². The van der Waals surface area contributed by atoms with Gasteiger partial charge in [-0.15, -0.1) is 0 Å². The number of halogens is 1. The molecule has 6 nitrogen and oxygen atoms in total. The van der Waals surface area contributed by atoms with Crippen molar-refractivity contribution in [2.75, 3.05) is 39.8 Å². The van der Waals surface area contributed by atoms with Crippen LogP contribution in [0.1, 0.15) is 24.9 Å². The standard InChI is InChI=1S/C19H26FN5O/c1-15(22-19(26)7-8-24-11-9-23(2)10-12-24)16-13-21-25(14-16)18-6-4-3-5-17(18)20/h3-6,13-15H,7-12H2,1-2H3,(H,22,26)/t15-/m1/s1. The van der Waals surface area contributed by atoms with Crippen LogP contribution in [0.3, 0.4) is 0 Å². The zero-order valence-corrected chi connectivity index (χ0v) is 15.4. The number of amides is 1. The highest BCUT2D eigenvalue weighted by Crippen LogP contribution is 2.16. The van der Waals surface area contributed by atoms with E-state index < -0.39 is 0 Å². The van der Waals surface area contributed by atoms with E-state index in [-0.39, 0.29) is 17.8 Å². The van der Waals surface area contributed by atoms with Gasteiger partial charge in [-0.1, -0.05) is 12.1 Å². The van der Waals surface area contributed by atoms with Crippen LogP contribution in [-0.4, -0.2) is 65.3 Å². The molecule has 1 aromatic carbocycles. The number of rotatable bonds is 6. The average molecular weight is 359 g/mol. The number of nitrogens with one attached hydrogen (secondary N) is 1. The number of hydrogen-bond acceptors (Lipinski definition) is 4. The summed E-state index contributed by atoms with van der Waals surface area (Å²) in [4.78, 5) is 16.8. The average Bonchev–Trinajstić information content (AvgIpc) is 3.12. The summed E-state index contributed by atoms with van der Waals surface area (Å²) in [5, 5.41) is 7.22. The molecule has 1 aliphatic heterocycles. The Hall–Kier alpha value is -2.25. The first-order valence-electron chi connectivity index (χ1n) is 9.02. The molecule has 0 saturated carbocycles. The maximum atomic E-state index is 13.9. The highest BCUT2D eigenvalue weighted by Gasteiger charge is 2.16. The number of likely N-dealkylation sites (N-methyl/N-ethyl adjacent to an activating group) is 1. The number of piperazine rings is 1. The topological polar surface area (TPSA) is 53.4 Å². The Morgan fingerprint density at radius 1 is 1.27 bits per heavy atom. The van der Waals surface area contributed by atoms with E-state index >= 15 is 0 Å². The number of aromatic nitrogens is 2. The molecule has 7 heteroatoms. The zero-order valence-electron chi connectivity index (χ0n) is 15.4. The molecule has 1 aromatic heterocycles. The van der Waals surface area contributed by atoms with E-state index in [1.165, 1.54) is 10.7 Å². The summed E-state index contributed by atoms with van der Waals surface area (Å²) in [6, 6.07) is 6.32. The first-order chi connectivity index (χ1) is 12.5. The van der Waals surface area contributed by atoms with Gasteiger partial charge in [0, 0.05) is 50.9 Å². The van der Waals surface area contributed by atoms with Gasteiger partial charge < -0.3 is 15.1 Å². The van der Waals surface area contributed by atoms with E-state index in [0.29, 0.717) is 12.1 Å². The fourth-order valence-electron chi connectivity index (χ4n) is 3.06. The van der Waals surface area contributed by atoms with Crippen molar-refractivity contribution in [1.82, 2.24) is 24.9 Å². The lowest BCUT2D eigenvalue weighted by molar-refractivity contribution is -0.122. The molecule has 0 spiro atoms. The number of para-hydroxylation sites is 1. The fraction of sp³-hybridized carbons (Fsp3) is 0.474. The van der Waals surface area contributed by atoms with Crippen LogP contribution < -0.4 is 5.32 Å². The van der Waals surface area contributed by atoms with Crippen molar-refractivity contribution < 1.29 is 9.18 Å². The van der Waals surface area contributed by atoms with Gasteiger partial charge >= 0.3 is 0 Å². The van der Waals surface area contributed by atoms with Crippen molar-refractivity contribution in [3.8, 4) is 5.69 Å². The van der Waals surface area contributed by atoms with Crippen LogP contribution in [-0.2, 0) is 4.79 Å². The summed E-state index contributed by atoms with van der Waals surface area (Å²) in [5.41, 5.74) is 1.24. The van der Waals surface area contributed by atoms with Gasteiger partial charge in [-0.2, -0.15) is 5.10 Å². The number of carbonyl (C=O) groups is 1. The van der Waals surface area contributed by atoms with Crippen LogP contribution in [0.2, 0.25) is 0 Å². The Morgan fingerprint density at radius 2 is 2.00 bits per heavy atom. The molecule has 1 fully saturated rings. The van der Waals surface area contributed by atoms with Crippen molar-refractivity contribution in [3.63, 3.8) is 0 Å². The molecule has 2 aromatic rings. The van der Waals surface area contributed by atoms with Crippen LogP contribution in [0, 0.1) is 5.82 Å². The molecule has 2 heterocycles. The molecule has 0 aliphatic carbocycles. The van der Waals surface area contributed by atoms with Crippen LogP contribution in [0.5, 0.6) is 0 Å². The predicted molar refractivity (Wildman–Crippen MR) is 98.6 cm³/mol. The van der Waals surface area contributed by atoms with E-state index in [0.717, 1.165) is 38.3 Å². The van der Waals surface area contributed by atoms with Gasteiger partial charge in [0.15, 0.2) is 0 Å². The van der Waals surface area contributed by atoms with Crippen molar-refractivity contribution in [2.24, 2.45) is 0 Å². The normalized spacial score (nSPS) is 17.2. The predicted octanol–water partition coefficient (Wildman–Crippen LogP) is 1.83. The van der Waals surface area contributed by atoms with Gasteiger partial charge in [0.25, 0.3) is 0 Å². The third-order valence-corrected chi connectivity index (χ3v) is 4.83. The summed E-state index contributed by atoms with van der Waals surface area (Å²) in [5.74, 6) is -0.305. The van der Waals surface area contributed by atoms with E-state index in [4.69, 9.17) is 0 Å². The Balaban J connectivity index is 1.51. The summed E-state index contributed by atoms with van der Waals surface area (Å²) < 4.78 is 15.4. The highest BCUT2D eigenvalue weighted by molar-refractivity contribution is 5.76. The Bertz CT molecular complexity index is 739. The second kappa shape index (κ2) is 8.42. The largest absolute Gasteiger partial charge is 0.349 e. The van der Waals surface area contributed by atoms with Crippen molar-refractivity contribution in [2.45, 2.75) is 19.4 Å². The summed E-state index contributed by atoms with van der Waals surface area (Å²) in [6.45, 7) is 6.81. The van der Waals surface area contributed by atoms with Crippen molar-refractivity contribution in [1.29, 1.82) is 0 Å². The van der Waals surface area contributed by atoms with Crippen LogP contribution in [0.15, 0.2) is 36.7 Å². The quantitative estimate of drug-likeness (QED) is 0.855. The molecular weight excluding hydrogens is 333 g/mol. The molecule has 140 valence electrons. The van der Waals surface area contributed by atoms with Gasteiger partial charge in [0.05, 0.1) is 12.2 Å².